The van der Waals surface area contributed by atoms with Crippen LogP contribution in [0.2, 0.25) is 0 Å². The van der Waals surface area contributed by atoms with Gasteiger partial charge in [0.25, 0.3) is 0 Å². The Labute approximate surface area is 137 Å². The number of carbonyl (C=O) groups is 1. The molecule has 0 unspecified atom stereocenters. The zero-order chi connectivity index (χ0) is 15.2. The van der Waals surface area contributed by atoms with Gasteiger partial charge in [0, 0.05) is 3.57 Å². The van der Waals surface area contributed by atoms with Gasteiger partial charge in [-0.15, -0.1) is 0 Å². The molecule has 0 heterocycles. The van der Waals surface area contributed by atoms with Gasteiger partial charge in [-0.25, -0.2) is 4.79 Å². The third-order valence-corrected chi connectivity index (χ3v) is 3.55. The zero-order valence-corrected chi connectivity index (χ0v) is 13.9. The fourth-order valence-corrected chi connectivity index (χ4v) is 2.36. The number of hydrogen-bond acceptors (Lipinski definition) is 4. The first-order chi connectivity index (χ1) is 10.1. The Morgan fingerprint density at radius 3 is 2.48 bits per heavy atom. The Kier molecular flexibility index (Phi) is 5.44. The lowest BCUT2D eigenvalue weighted by atomic mass is 10.2. The molecule has 0 fully saturated rings. The molecule has 0 spiro atoms. The second kappa shape index (κ2) is 7.31. The molecule has 0 N–H and O–H groups in total. The summed E-state index contributed by atoms with van der Waals surface area (Å²) < 4.78 is 16.7. The van der Waals surface area contributed by atoms with E-state index in [0.717, 1.165) is 9.13 Å². The zero-order valence-electron chi connectivity index (χ0n) is 11.8. The fourth-order valence-electron chi connectivity index (χ4n) is 1.82. The van der Waals surface area contributed by atoms with E-state index in [9.17, 15) is 4.79 Å². The summed E-state index contributed by atoms with van der Waals surface area (Å²) in [5.74, 6) is 0.911. The van der Waals surface area contributed by atoms with E-state index >= 15 is 0 Å². The summed E-state index contributed by atoms with van der Waals surface area (Å²) in [6.45, 7) is 0.185. The third-order valence-electron chi connectivity index (χ3n) is 2.88. The normalized spacial score (nSPS) is 10.0. The molecule has 0 aromatic heterocycles. The molecule has 5 heteroatoms. The molecule has 110 valence electrons. The lowest BCUT2D eigenvalue weighted by molar-refractivity contribution is 0.0472. The van der Waals surface area contributed by atoms with Crippen LogP contribution in [-0.4, -0.2) is 20.2 Å². The Balaban J connectivity index is 2.04. The summed E-state index contributed by atoms with van der Waals surface area (Å²) in [6, 6.07) is 12.7. The van der Waals surface area contributed by atoms with E-state index in [2.05, 4.69) is 22.6 Å². The maximum Gasteiger partial charge on any atom is 0.338 e. The van der Waals surface area contributed by atoms with Crippen molar-refractivity contribution in [2.24, 2.45) is 0 Å². The lowest BCUT2D eigenvalue weighted by Gasteiger charge is -2.10. The molecule has 0 aliphatic carbocycles. The maximum absolute atomic E-state index is 12.0. The molecule has 0 radical (unpaired) electrons. The van der Waals surface area contributed by atoms with Crippen molar-refractivity contribution in [3.63, 3.8) is 0 Å². The summed E-state index contributed by atoms with van der Waals surface area (Å²) >= 11 is 2.16. The van der Waals surface area contributed by atoms with Crippen molar-refractivity contribution in [1.82, 2.24) is 0 Å². The quantitative estimate of drug-likeness (QED) is 0.570. The van der Waals surface area contributed by atoms with Gasteiger partial charge < -0.3 is 14.2 Å². The van der Waals surface area contributed by atoms with E-state index in [1.54, 1.807) is 38.5 Å². The highest BCUT2D eigenvalue weighted by Crippen LogP contribution is 2.27. The molecule has 0 aliphatic heterocycles. The van der Waals surface area contributed by atoms with Gasteiger partial charge in [0.05, 0.1) is 19.8 Å². The third kappa shape index (κ3) is 4.10. The van der Waals surface area contributed by atoms with Crippen LogP contribution in [0.25, 0.3) is 0 Å². The highest BCUT2D eigenvalue weighted by Gasteiger charge is 2.09. The summed E-state index contributed by atoms with van der Waals surface area (Å²) in [5.41, 5.74) is 1.38. The van der Waals surface area contributed by atoms with Gasteiger partial charge in [-0.3, -0.25) is 0 Å². The number of hydrogen-bond donors (Lipinski definition) is 0. The van der Waals surface area contributed by atoms with Crippen molar-refractivity contribution in [2.75, 3.05) is 14.2 Å². The first-order valence-corrected chi connectivity index (χ1v) is 7.35. The van der Waals surface area contributed by atoms with Crippen molar-refractivity contribution in [3.8, 4) is 11.5 Å². The highest BCUT2D eigenvalue weighted by molar-refractivity contribution is 14.1. The first-order valence-electron chi connectivity index (χ1n) is 6.27. The van der Waals surface area contributed by atoms with Crippen LogP contribution >= 0.6 is 22.6 Å². The Morgan fingerprint density at radius 1 is 1.05 bits per heavy atom. The number of methoxy groups -OCH3 is 2. The SMILES string of the molecule is COc1ccc(COC(=O)c2cccc(I)c2)cc1OC. The average molecular weight is 398 g/mol. The molecule has 2 rings (SSSR count). The number of ether oxygens (including phenoxy) is 3. The number of esters is 1. The topological polar surface area (TPSA) is 44.8 Å². The van der Waals surface area contributed by atoms with Crippen LogP contribution < -0.4 is 9.47 Å². The monoisotopic (exact) mass is 398 g/mol. The number of benzene rings is 2. The lowest BCUT2D eigenvalue weighted by Crippen LogP contribution is -2.05. The highest BCUT2D eigenvalue weighted by atomic mass is 127. The minimum Gasteiger partial charge on any atom is -0.493 e. The van der Waals surface area contributed by atoms with Crippen molar-refractivity contribution in [2.45, 2.75) is 6.61 Å². The molecule has 0 saturated carbocycles. The fraction of sp³-hybridized carbons (Fsp3) is 0.188. The molecule has 21 heavy (non-hydrogen) atoms. The van der Waals surface area contributed by atoms with Crippen LogP contribution in [0.3, 0.4) is 0 Å². The number of carbonyl (C=O) groups excluding carboxylic acids is 1. The van der Waals surface area contributed by atoms with Gasteiger partial charge in [0.2, 0.25) is 0 Å². The van der Waals surface area contributed by atoms with Crippen molar-refractivity contribution < 1.29 is 19.0 Å². The molecule has 0 amide bonds. The molecule has 0 saturated heterocycles. The number of halogens is 1. The van der Waals surface area contributed by atoms with Crippen molar-refractivity contribution in [1.29, 1.82) is 0 Å². The van der Waals surface area contributed by atoms with Crippen molar-refractivity contribution in [3.05, 3.63) is 57.2 Å². The standard InChI is InChI=1S/C16H15IO4/c1-19-14-7-6-11(8-15(14)20-2)10-21-16(18)12-4-3-5-13(17)9-12/h3-9H,10H2,1-2H3. The second-order valence-electron chi connectivity index (χ2n) is 4.28. The molecular weight excluding hydrogens is 383 g/mol. The average Bonchev–Trinajstić information content (AvgIpc) is 2.52. The Morgan fingerprint density at radius 2 is 1.81 bits per heavy atom. The van der Waals surface area contributed by atoms with Gasteiger partial charge >= 0.3 is 5.97 Å². The van der Waals surface area contributed by atoms with Crippen LogP contribution in [0.4, 0.5) is 0 Å². The van der Waals surface area contributed by atoms with E-state index in [0.29, 0.717) is 17.1 Å². The second-order valence-corrected chi connectivity index (χ2v) is 5.52. The first kappa shape index (κ1) is 15.6. The molecule has 2 aromatic rings. The molecule has 4 nitrogen and oxygen atoms in total. The summed E-state index contributed by atoms with van der Waals surface area (Å²) in [5, 5.41) is 0. The van der Waals surface area contributed by atoms with Crippen LogP contribution in [-0.2, 0) is 11.3 Å². The predicted molar refractivity (Wildman–Crippen MR) is 87.8 cm³/mol. The van der Waals surface area contributed by atoms with Gasteiger partial charge in [-0.05, 0) is 58.5 Å². The largest absolute Gasteiger partial charge is 0.493 e. The smallest absolute Gasteiger partial charge is 0.338 e. The van der Waals surface area contributed by atoms with Crippen LogP contribution in [0.1, 0.15) is 15.9 Å². The van der Waals surface area contributed by atoms with Gasteiger partial charge in [-0.2, -0.15) is 0 Å². The van der Waals surface area contributed by atoms with Crippen molar-refractivity contribution >= 4 is 28.6 Å². The molecular formula is C16H15IO4. The van der Waals surface area contributed by atoms with E-state index in [1.807, 2.05) is 18.2 Å². The van der Waals surface area contributed by atoms with Crippen LogP contribution in [0.5, 0.6) is 11.5 Å². The summed E-state index contributed by atoms with van der Waals surface area (Å²) in [6.07, 6.45) is 0. The van der Waals surface area contributed by atoms with Gasteiger partial charge in [0.1, 0.15) is 6.61 Å². The maximum atomic E-state index is 12.0. The number of rotatable bonds is 5. The molecule has 0 bridgehead atoms. The molecule has 0 aliphatic rings. The minimum absolute atomic E-state index is 0.185. The molecule has 0 atom stereocenters. The summed E-state index contributed by atoms with van der Waals surface area (Å²) in [7, 11) is 3.15. The minimum atomic E-state index is -0.344. The van der Waals surface area contributed by atoms with Gasteiger partial charge in [-0.1, -0.05) is 12.1 Å². The Hall–Kier alpha value is -1.76. The molecule has 2 aromatic carbocycles. The van der Waals surface area contributed by atoms with Gasteiger partial charge in [0.15, 0.2) is 11.5 Å². The van der Waals surface area contributed by atoms with E-state index in [4.69, 9.17) is 14.2 Å². The van der Waals surface area contributed by atoms with Crippen LogP contribution in [0.15, 0.2) is 42.5 Å². The van der Waals surface area contributed by atoms with E-state index in [1.165, 1.54) is 0 Å². The van der Waals surface area contributed by atoms with Crippen LogP contribution in [0, 0.1) is 3.57 Å². The van der Waals surface area contributed by atoms with E-state index in [-0.39, 0.29) is 12.6 Å². The predicted octanol–water partition coefficient (Wildman–Crippen LogP) is 3.67. The Bertz CT molecular complexity index is 640. The summed E-state index contributed by atoms with van der Waals surface area (Å²) in [4.78, 5) is 12.0. The van der Waals surface area contributed by atoms with E-state index < -0.39 is 0 Å².